The van der Waals surface area contributed by atoms with Crippen molar-refractivity contribution in [3.8, 4) is 11.5 Å². The van der Waals surface area contributed by atoms with Gasteiger partial charge in [0.05, 0.1) is 5.92 Å². The predicted molar refractivity (Wildman–Crippen MR) is 77.1 cm³/mol. The van der Waals surface area contributed by atoms with Crippen LogP contribution in [0, 0.1) is 17.8 Å². The van der Waals surface area contributed by atoms with Crippen LogP contribution in [0.1, 0.15) is 37.8 Å². The number of rotatable bonds is 4. The zero-order valence-corrected chi connectivity index (χ0v) is 12.0. The average molecular weight is 291 g/mol. The summed E-state index contributed by atoms with van der Waals surface area (Å²) in [7, 11) is 0. The summed E-state index contributed by atoms with van der Waals surface area (Å²) in [4.78, 5) is 11.5. The second kappa shape index (κ2) is 5.22. The van der Waals surface area contributed by atoms with Gasteiger partial charge >= 0.3 is 5.97 Å². The van der Waals surface area contributed by atoms with Crippen LogP contribution >= 0.6 is 0 Å². The average Bonchev–Trinajstić information content (AvgIpc) is 3.02. The van der Waals surface area contributed by atoms with Gasteiger partial charge in [-0.3, -0.25) is 4.79 Å². The third-order valence-corrected chi connectivity index (χ3v) is 5.12. The van der Waals surface area contributed by atoms with Gasteiger partial charge in [0.2, 0.25) is 0 Å². The van der Waals surface area contributed by atoms with Crippen molar-refractivity contribution in [1.82, 2.24) is 5.32 Å². The van der Waals surface area contributed by atoms with Crippen molar-refractivity contribution < 1.29 is 20.1 Å². The summed E-state index contributed by atoms with van der Waals surface area (Å²) in [6.45, 7) is 1.89. The molecule has 4 N–H and O–H groups in total. The number of fused-ring (bicyclic) bond motifs is 2. The molecule has 0 heterocycles. The molecule has 1 aromatic rings. The molecule has 0 spiro atoms. The Bertz CT molecular complexity index is 559. The molecule has 2 aliphatic carbocycles. The first-order chi connectivity index (χ1) is 9.97. The molecular formula is C16H21NO4. The molecular weight excluding hydrogens is 270 g/mol. The van der Waals surface area contributed by atoms with Crippen molar-refractivity contribution in [2.24, 2.45) is 17.8 Å². The molecule has 2 saturated carbocycles. The Balaban J connectivity index is 1.79. The summed E-state index contributed by atoms with van der Waals surface area (Å²) >= 11 is 0. The number of carbonyl (C=O) groups is 1. The van der Waals surface area contributed by atoms with E-state index in [0.717, 1.165) is 19.3 Å². The van der Waals surface area contributed by atoms with Crippen LogP contribution in [0.15, 0.2) is 18.2 Å². The van der Waals surface area contributed by atoms with Gasteiger partial charge in [0, 0.05) is 17.6 Å². The minimum absolute atomic E-state index is 0.0574. The normalized spacial score (nSPS) is 32.2. The van der Waals surface area contributed by atoms with Gasteiger partial charge in [-0.1, -0.05) is 0 Å². The highest BCUT2D eigenvalue weighted by Gasteiger charge is 2.51. The zero-order chi connectivity index (χ0) is 15.1. The molecule has 0 saturated heterocycles. The minimum Gasteiger partial charge on any atom is -0.508 e. The van der Waals surface area contributed by atoms with Gasteiger partial charge in [-0.05, 0) is 56.2 Å². The van der Waals surface area contributed by atoms with E-state index in [0.29, 0.717) is 11.5 Å². The zero-order valence-electron chi connectivity index (χ0n) is 12.0. The van der Waals surface area contributed by atoms with Crippen molar-refractivity contribution in [3.05, 3.63) is 23.8 Å². The van der Waals surface area contributed by atoms with E-state index >= 15 is 0 Å². The fraction of sp³-hybridized carbons (Fsp3) is 0.562. The molecule has 0 amide bonds. The van der Waals surface area contributed by atoms with Crippen LogP contribution in [0.3, 0.4) is 0 Å². The molecule has 1 aromatic carbocycles. The van der Waals surface area contributed by atoms with Crippen molar-refractivity contribution >= 4 is 5.97 Å². The first-order valence-electron chi connectivity index (χ1n) is 7.48. The molecule has 0 aliphatic heterocycles. The molecule has 5 heteroatoms. The summed E-state index contributed by atoms with van der Waals surface area (Å²) in [6.07, 6.45) is 3.06. The number of aromatic hydroxyl groups is 2. The second-order valence-corrected chi connectivity index (χ2v) is 6.35. The lowest BCUT2D eigenvalue weighted by Gasteiger charge is -2.32. The summed E-state index contributed by atoms with van der Waals surface area (Å²) < 4.78 is 0. The smallest absolute Gasteiger partial charge is 0.308 e. The van der Waals surface area contributed by atoms with Crippen LogP contribution < -0.4 is 5.32 Å². The fourth-order valence-corrected chi connectivity index (χ4v) is 4.15. The summed E-state index contributed by atoms with van der Waals surface area (Å²) in [5, 5.41) is 32.3. The van der Waals surface area contributed by atoms with Crippen LogP contribution in [-0.2, 0) is 4.79 Å². The Morgan fingerprint density at radius 1 is 1.29 bits per heavy atom. The SMILES string of the molecule is CC(NC1C2CCC(C2)C1C(=O)O)c1cc(O)ccc1O. The van der Waals surface area contributed by atoms with Crippen LogP contribution in [0.25, 0.3) is 0 Å². The van der Waals surface area contributed by atoms with E-state index in [1.54, 1.807) is 0 Å². The Labute approximate surface area is 123 Å². The van der Waals surface area contributed by atoms with Gasteiger partial charge in [0.1, 0.15) is 11.5 Å². The van der Waals surface area contributed by atoms with Crippen LogP contribution in [0.5, 0.6) is 11.5 Å². The van der Waals surface area contributed by atoms with Gasteiger partial charge in [0.25, 0.3) is 0 Å². The highest BCUT2D eigenvalue weighted by Crippen LogP contribution is 2.49. The standard InChI is InChI=1S/C16H21NO4/c1-8(12-7-11(18)4-5-13(12)19)17-15-10-3-2-9(6-10)14(15)16(20)21/h4-5,7-10,14-15,17-19H,2-3,6H2,1H3,(H,20,21). The van der Waals surface area contributed by atoms with E-state index in [4.69, 9.17) is 0 Å². The van der Waals surface area contributed by atoms with Gasteiger partial charge in [-0.2, -0.15) is 0 Å². The maximum atomic E-state index is 11.5. The lowest BCUT2D eigenvalue weighted by molar-refractivity contribution is -0.144. The molecule has 2 bridgehead atoms. The number of hydrogen-bond acceptors (Lipinski definition) is 4. The van der Waals surface area contributed by atoms with Crippen LogP contribution in [0.2, 0.25) is 0 Å². The number of carboxylic acids is 1. The third kappa shape index (κ3) is 2.46. The topological polar surface area (TPSA) is 89.8 Å². The minimum atomic E-state index is -0.730. The number of benzene rings is 1. The molecule has 3 rings (SSSR count). The number of aliphatic carboxylic acids is 1. The Morgan fingerprint density at radius 2 is 2.00 bits per heavy atom. The molecule has 5 nitrogen and oxygen atoms in total. The number of hydrogen-bond donors (Lipinski definition) is 4. The number of phenolic OH excluding ortho intramolecular Hbond substituents is 2. The predicted octanol–water partition coefficient (Wildman–Crippen LogP) is 2.25. The third-order valence-electron chi connectivity index (χ3n) is 5.12. The molecule has 2 fully saturated rings. The summed E-state index contributed by atoms with van der Waals surface area (Å²) in [6, 6.07) is 4.15. The maximum Gasteiger partial charge on any atom is 0.308 e. The monoisotopic (exact) mass is 291 g/mol. The first-order valence-corrected chi connectivity index (χ1v) is 7.48. The van der Waals surface area contributed by atoms with Crippen LogP contribution in [0.4, 0.5) is 0 Å². The number of phenols is 2. The van der Waals surface area contributed by atoms with E-state index in [9.17, 15) is 20.1 Å². The van der Waals surface area contributed by atoms with Crippen molar-refractivity contribution in [1.29, 1.82) is 0 Å². The first kappa shape index (κ1) is 14.2. The maximum absolute atomic E-state index is 11.5. The Kier molecular flexibility index (Phi) is 3.53. The second-order valence-electron chi connectivity index (χ2n) is 6.35. The van der Waals surface area contributed by atoms with Gasteiger partial charge in [0.15, 0.2) is 0 Å². The number of carboxylic acid groups (broad SMARTS) is 1. The van der Waals surface area contributed by atoms with E-state index < -0.39 is 5.97 Å². The van der Waals surface area contributed by atoms with E-state index in [2.05, 4.69) is 5.32 Å². The molecule has 2 aliphatic rings. The van der Waals surface area contributed by atoms with Crippen LogP contribution in [-0.4, -0.2) is 27.3 Å². The largest absolute Gasteiger partial charge is 0.508 e. The molecule has 21 heavy (non-hydrogen) atoms. The molecule has 0 aromatic heterocycles. The molecule has 5 unspecified atom stereocenters. The number of nitrogens with one attached hydrogen (secondary N) is 1. The summed E-state index contributed by atoms with van der Waals surface area (Å²) in [5.74, 6) is -0.187. The fourth-order valence-electron chi connectivity index (χ4n) is 4.15. The molecule has 0 radical (unpaired) electrons. The Morgan fingerprint density at radius 3 is 2.71 bits per heavy atom. The van der Waals surface area contributed by atoms with Gasteiger partial charge in [-0.15, -0.1) is 0 Å². The van der Waals surface area contributed by atoms with Crippen molar-refractivity contribution in [2.75, 3.05) is 0 Å². The highest BCUT2D eigenvalue weighted by atomic mass is 16.4. The quantitative estimate of drug-likeness (QED) is 0.639. The van der Waals surface area contributed by atoms with Crippen molar-refractivity contribution in [2.45, 2.75) is 38.3 Å². The summed E-state index contributed by atoms with van der Waals surface area (Å²) in [5.41, 5.74) is 0.599. The molecule has 5 atom stereocenters. The van der Waals surface area contributed by atoms with Gasteiger partial charge < -0.3 is 20.6 Å². The van der Waals surface area contributed by atoms with E-state index in [1.165, 1.54) is 18.2 Å². The Hall–Kier alpha value is -1.75. The van der Waals surface area contributed by atoms with E-state index in [-0.39, 0.29) is 35.4 Å². The van der Waals surface area contributed by atoms with Gasteiger partial charge in [-0.25, -0.2) is 0 Å². The van der Waals surface area contributed by atoms with E-state index in [1.807, 2.05) is 6.92 Å². The van der Waals surface area contributed by atoms with Crippen molar-refractivity contribution in [3.63, 3.8) is 0 Å². The molecule has 114 valence electrons. The highest BCUT2D eigenvalue weighted by molar-refractivity contribution is 5.72. The lowest BCUT2D eigenvalue weighted by atomic mass is 9.84. The lowest BCUT2D eigenvalue weighted by Crippen LogP contribution is -2.45.